The lowest BCUT2D eigenvalue weighted by Crippen LogP contribution is -2.47. The molecule has 1 heterocycles. The zero-order chi connectivity index (χ0) is 8.97. The van der Waals surface area contributed by atoms with Crippen LogP contribution in [0, 0.1) is 5.92 Å². The lowest BCUT2D eigenvalue weighted by molar-refractivity contribution is 0.171. The van der Waals surface area contributed by atoms with Gasteiger partial charge in [-0.25, -0.2) is 0 Å². The molecule has 1 aliphatic heterocycles. The highest BCUT2D eigenvalue weighted by Crippen LogP contribution is 2.15. The van der Waals surface area contributed by atoms with Crippen LogP contribution in [0.15, 0.2) is 12.7 Å². The topological polar surface area (TPSA) is 29.3 Å². The van der Waals surface area contributed by atoms with Crippen LogP contribution in [-0.2, 0) is 0 Å². The maximum atomic E-state index is 5.97. The van der Waals surface area contributed by atoms with Crippen molar-refractivity contribution in [1.82, 2.24) is 4.90 Å². The Morgan fingerprint density at radius 2 is 2.42 bits per heavy atom. The Balaban J connectivity index is 2.25. The average molecular weight is 168 g/mol. The minimum atomic E-state index is 0.378. The van der Waals surface area contributed by atoms with Gasteiger partial charge in [0.1, 0.15) is 0 Å². The van der Waals surface area contributed by atoms with Gasteiger partial charge in [-0.05, 0) is 25.3 Å². The summed E-state index contributed by atoms with van der Waals surface area (Å²) in [5, 5.41) is 0. The molecule has 1 aliphatic rings. The molecule has 1 saturated heterocycles. The van der Waals surface area contributed by atoms with Crippen molar-refractivity contribution in [2.75, 3.05) is 19.6 Å². The van der Waals surface area contributed by atoms with E-state index in [1.54, 1.807) is 0 Å². The Kier molecular flexibility index (Phi) is 3.76. The second-order valence-corrected chi connectivity index (χ2v) is 3.81. The number of piperidine rings is 1. The summed E-state index contributed by atoms with van der Waals surface area (Å²) in [6, 6.07) is 0.378. The molecule has 2 N–H and O–H groups in total. The highest BCUT2D eigenvalue weighted by Gasteiger charge is 2.21. The molecule has 2 nitrogen and oxygen atoms in total. The molecule has 1 fully saturated rings. The molecule has 0 aromatic heterocycles. The Bertz CT molecular complexity index is 145. The molecular formula is C10H20N2. The summed E-state index contributed by atoms with van der Waals surface area (Å²) in [6.45, 7) is 9.37. The van der Waals surface area contributed by atoms with Gasteiger partial charge in [-0.3, -0.25) is 0 Å². The predicted molar refractivity (Wildman–Crippen MR) is 53.0 cm³/mol. The number of nitrogens with zero attached hydrogens (tertiary/aromatic N) is 1. The molecule has 0 spiro atoms. The summed E-state index contributed by atoms with van der Waals surface area (Å²) >= 11 is 0. The van der Waals surface area contributed by atoms with Crippen molar-refractivity contribution in [2.45, 2.75) is 25.8 Å². The molecular weight excluding hydrogens is 148 g/mol. The molecule has 0 aliphatic carbocycles. The van der Waals surface area contributed by atoms with E-state index in [1.165, 1.54) is 13.0 Å². The molecule has 0 aromatic carbocycles. The van der Waals surface area contributed by atoms with E-state index in [-0.39, 0.29) is 0 Å². The van der Waals surface area contributed by atoms with Crippen LogP contribution in [0.1, 0.15) is 19.8 Å². The summed E-state index contributed by atoms with van der Waals surface area (Å²) in [7, 11) is 0. The SMILES string of the molecule is C=CCCN1CCC(C)C(N)C1. The van der Waals surface area contributed by atoms with Crippen LogP contribution in [0.3, 0.4) is 0 Å². The number of hydrogen-bond donors (Lipinski definition) is 1. The maximum absolute atomic E-state index is 5.97. The van der Waals surface area contributed by atoms with Gasteiger partial charge in [0.2, 0.25) is 0 Å². The van der Waals surface area contributed by atoms with Gasteiger partial charge in [-0.15, -0.1) is 6.58 Å². The van der Waals surface area contributed by atoms with Crippen molar-refractivity contribution >= 4 is 0 Å². The Labute approximate surface area is 75.4 Å². The van der Waals surface area contributed by atoms with Crippen molar-refractivity contribution in [2.24, 2.45) is 11.7 Å². The molecule has 0 bridgehead atoms. The molecule has 0 saturated carbocycles. The third-order valence-electron chi connectivity index (χ3n) is 2.75. The van der Waals surface area contributed by atoms with E-state index in [9.17, 15) is 0 Å². The Hall–Kier alpha value is -0.340. The highest BCUT2D eigenvalue weighted by atomic mass is 15.1. The molecule has 0 aromatic rings. The van der Waals surface area contributed by atoms with Crippen LogP contribution in [0.25, 0.3) is 0 Å². The van der Waals surface area contributed by atoms with E-state index in [2.05, 4.69) is 18.4 Å². The molecule has 2 unspecified atom stereocenters. The van der Waals surface area contributed by atoms with Crippen molar-refractivity contribution < 1.29 is 0 Å². The van der Waals surface area contributed by atoms with Gasteiger partial charge in [0.15, 0.2) is 0 Å². The van der Waals surface area contributed by atoms with E-state index in [0.717, 1.165) is 19.5 Å². The maximum Gasteiger partial charge on any atom is 0.0194 e. The third kappa shape index (κ3) is 2.61. The first-order valence-electron chi connectivity index (χ1n) is 4.83. The van der Waals surface area contributed by atoms with Crippen LogP contribution in [0.4, 0.5) is 0 Å². The fraction of sp³-hybridized carbons (Fsp3) is 0.800. The Morgan fingerprint density at radius 3 is 3.00 bits per heavy atom. The van der Waals surface area contributed by atoms with Crippen molar-refractivity contribution in [3.63, 3.8) is 0 Å². The molecule has 0 radical (unpaired) electrons. The quantitative estimate of drug-likeness (QED) is 0.642. The van der Waals surface area contributed by atoms with Gasteiger partial charge >= 0.3 is 0 Å². The van der Waals surface area contributed by atoms with Gasteiger partial charge < -0.3 is 10.6 Å². The summed E-state index contributed by atoms with van der Waals surface area (Å²) in [5.41, 5.74) is 5.97. The van der Waals surface area contributed by atoms with Gasteiger partial charge in [0, 0.05) is 19.1 Å². The zero-order valence-corrected chi connectivity index (χ0v) is 8.00. The van der Waals surface area contributed by atoms with Gasteiger partial charge in [-0.1, -0.05) is 13.0 Å². The van der Waals surface area contributed by atoms with E-state index >= 15 is 0 Å². The first-order chi connectivity index (χ1) is 5.74. The lowest BCUT2D eigenvalue weighted by Gasteiger charge is -2.34. The lowest BCUT2D eigenvalue weighted by atomic mass is 9.94. The summed E-state index contributed by atoms with van der Waals surface area (Å²) in [5.74, 6) is 0.699. The summed E-state index contributed by atoms with van der Waals surface area (Å²) in [4.78, 5) is 2.44. The van der Waals surface area contributed by atoms with Crippen LogP contribution in [0.5, 0.6) is 0 Å². The first-order valence-corrected chi connectivity index (χ1v) is 4.83. The largest absolute Gasteiger partial charge is 0.326 e. The molecule has 0 amide bonds. The highest BCUT2D eigenvalue weighted by molar-refractivity contribution is 4.81. The van der Waals surface area contributed by atoms with Crippen molar-refractivity contribution in [1.29, 1.82) is 0 Å². The van der Waals surface area contributed by atoms with Gasteiger partial charge in [0.25, 0.3) is 0 Å². The van der Waals surface area contributed by atoms with E-state index in [1.807, 2.05) is 6.08 Å². The monoisotopic (exact) mass is 168 g/mol. The summed E-state index contributed by atoms with van der Waals surface area (Å²) < 4.78 is 0. The predicted octanol–water partition coefficient (Wildman–Crippen LogP) is 1.23. The van der Waals surface area contributed by atoms with Crippen LogP contribution >= 0.6 is 0 Å². The summed E-state index contributed by atoms with van der Waals surface area (Å²) in [6.07, 6.45) is 4.31. The number of hydrogen-bond acceptors (Lipinski definition) is 2. The smallest absolute Gasteiger partial charge is 0.0194 e. The fourth-order valence-electron chi connectivity index (χ4n) is 1.65. The van der Waals surface area contributed by atoms with E-state index in [4.69, 9.17) is 5.73 Å². The fourth-order valence-corrected chi connectivity index (χ4v) is 1.65. The number of nitrogens with two attached hydrogens (primary N) is 1. The number of rotatable bonds is 3. The van der Waals surface area contributed by atoms with Crippen LogP contribution in [-0.4, -0.2) is 30.6 Å². The normalized spacial score (nSPS) is 31.8. The van der Waals surface area contributed by atoms with Crippen molar-refractivity contribution in [3.05, 3.63) is 12.7 Å². The van der Waals surface area contributed by atoms with E-state index < -0.39 is 0 Å². The minimum absolute atomic E-state index is 0.378. The average Bonchev–Trinajstić information content (AvgIpc) is 2.07. The van der Waals surface area contributed by atoms with Gasteiger partial charge in [-0.2, -0.15) is 0 Å². The first kappa shape index (κ1) is 9.75. The van der Waals surface area contributed by atoms with E-state index in [0.29, 0.717) is 12.0 Å². The Morgan fingerprint density at radius 1 is 1.67 bits per heavy atom. The molecule has 12 heavy (non-hydrogen) atoms. The zero-order valence-electron chi connectivity index (χ0n) is 8.00. The second kappa shape index (κ2) is 4.63. The van der Waals surface area contributed by atoms with Crippen LogP contribution in [0.2, 0.25) is 0 Å². The van der Waals surface area contributed by atoms with Gasteiger partial charge in [0.05, 0.1) is 0 Å². The third-order valence-corrected chi connectivity index (χ3v) is 2.75. The minimum Gasteiger partial charge on any atom is -0.326 e. The molecule has 1 rings (SSSR count). The molecule has 70 valence electrons. The standard InChI is InChI=1S/C10H20N2/c1-3-4-6-12-7-5-9(2)10(11)8-12/h3,9-10H,1,4-8,11H2,2H3. The van der Waals surface area contributed by atoms with Crippen LogP contribution < -0.4 is 5.73 Å². The molecule has 2 heteroatoms. The second-order valence-electron chi connectivity index (χ2n) is 3.81. The molecule has 2 atom stereocenters. The van der Waals surface area contributed by atoms with Crippen molar-refractivity contribution in [3.8, 4) is 0 Å². The number of likely N-dealkylation sites (tertiary alicyclic amines) is 1.